The van der Waals surface area contributed by atoms with Gasteiger partial charge in [0.1, 0.15) is 0 Å². The molecule has 24 heavy (non-hydrogen) atoms. The summed E-state index contributed by atoms with van der Waals surface area (Å²) in [7, 11) is 0. The highest BCUT2D eigenvalue weighted by molar-refractivity contribution is 8.02. The first kappa shape index (κ1) is 20.1. The SMILES string of the molecule is C=N/C=C(/NCC)SCNC(=C)c1ccccc1CC(=C)CCC. The van der Waals surface area contributed by atoms with E-state index >= 15 is 0 Å². The lowest BCUT2D eigenvalue weighted by Crippen LogP contribution is -2.16. The Balaban J connectivity index is 2.66. The summed E-state index contributed by atoms with van der Waals surface area (Å²) in [6.45, 7) is 17.0. The molecule has 2 N–H and O–H groups in total. The largest absolute Gasteiger partial charge is 0.379 e. The number of benzene rings is 1. The van der Waals surface area contributed by atoms with E-state index in [0.29, 0.717) is 0 Å². The van der Waals surface area contributed by atoms with Gasteiger partial charge in [0.25, 0.3) is 0 Å². The summed E-state index contributed by atoms with van der Waals surface area (Å²) in [6.07, 6.45) is 4.84. The standard InChI is InChI=1S/C20H29N3S/c1-6-10-16(3)13-18-11-8-9-12-19(18)17(4)23-15-24-20(14-21-5)22-7-2/h8-9,11-12,14,22-23H,3-7,10,13,15H2,1-2H3/b20-14-. The number of hydrogen-bond acceptors (Lipinski definition) is 4. The molecule has 0 saturated heterocycles. The Morgan fingerprint density at radius 1 is 1.21 bits per heavy atom. The van der Waals surface area contributed by atoms with E-state index in [1.54, 1.807) is 18.0 Å². The monoisotopic (exact) mass is 343 g/mol. The van der Waals surface area contributed by atoms with E-state index in [2.05, 4.69) is 67.5 Å². The molecule has 1 aromatic rings. The van der Waals surface area contributed by atoms with Crippen molar-refractivity contribution in [1.82, 2.24) is 10.6 Å². The van der Waals surface area contributed by atoms with Gasteiger partial charge < -0.3 is 10.6 Å². The van der Waals surface area contributed by atoms with Crippen LogP contribution in [0.25, 0.3) is 5.70 Å². The number of allylic oxidation sites excluding steroid dienone is 1. The fraction of sp³-hybridized carbons (Fsp3) is 0.350. The van der Waals surface area contributed by atoms with E-state index in [-0.39, 0.29) is 0 Å². The average molecular weight is 344 g/mol. The summed E-state index contributed by atoms with van der Waals surface area (Å²) in [4.78, 5) is 3.82. The second-order valence-corrected chi connectivity index (χ2v) is 6.50. The van der Waals surface area contributed by atoms with Crippen molar-refractivity contribution in [1.29, 1.82) is 0 Å². The van der Waals surface area contributed by atoms with Crippen molar-refractivity contribution in [2.45, 2.75) is 33.1 Å². The Bertz CT molecular complexity index is 590. The topological polar surface area (TPSA) is 36.4 Å². The van der Waals surface area contributed by atoms with Gasteiger partial charge in [-0.25, -0.2) is 0 Å². The molecular weight excluding hydrogens is 314 g/mol. The van der Waals surface area contributed by atoms with Crippen LogP contribution in [-0.2, 0) is 6.42 Å². The van der Waals surface area contributed by atoms with Crippen LogP contribution >= 0.6 is 11.8 Å². The Kier molecular flexibility index (Phi) is 9.70. The fourth-order valence-electron chi connectivity index (χ4n) is 2.37. The molecule has 0 aromatic heterocycles. The molecule has 3 nitrogen and oxygen atoms in total. The van der Waals surface area contributed by atoms with Gasteiger partial charge in [-0.15, -0.1) is 0 Å². The third-order valence-corrected chi connectivity index (χ3v) is 4.31. The van der Waals surface area contributed by atoms with E-state index in [4.69, 9.17) is 0 Å². The van der Waals surface area contributed by atoms with Gasteiger partial charge in [0, 0.05) is 17.8 Å². The number of thioether (sulfide) groups is 1. The van der Waals surface area contributed by atoms with Gasteiger partial charge in [-0.2, -0.15) is 0 Å². The molecular formula is C20H29N3S. The van der Waals surface area contributed by atoms with Crippen LogP contribution in [0.3, 0.4) is 0 Å². The van der Waals surface area contributed by atoms with E-state index < -0.39 is 0 Å². The van der Waals surface area contributed by atoms with Gasteiger partial charge in [0.05, 0.1) is 17.1 Å². The summed E-state index contributed by atoms with van der Waals surface area (Å²) in [5.41, 5.74) is 4.63. The van der Waals surface area contributed by atoms with Crippen molar-refractivity contribution in [2.24, 2.45) is 4.99 Å². The van der Waals surface area contributed by atoms with Gasteiger partial charge in [-0.05, 0) is 32.0 Å². The molecule has 0 amide bonds. The summed E-state index contributed by atoms with van der Waals surface area (Å²) in [5, 5.41) is 7.64. The van der Waals surface area contributed by atoms with Crippen LogP contribution in [-0.4, -0.2) is 19.1 Å². The maximum Gasteiger partial charge on any atom is 0.0884 e. The van der Waals surface area contributed by atoms with Crippen molar-refractivity contribution in [3.05, 3.63) is 65.4 Å². The Hall–Kier alpha value is -1.94. The molecule has 0 atom stereocenters. The van der Waals surface area contributed by atoms with Gasteiger partial charge in [-0.1, -0.05) is 68.1 Å². The highest BCUT2D eigenvalue weighted by Gasteiger charge is 2.07. The maximum atomic E-state index is 4.20. The van der Waals surface area contributed by atoms with Gasteiger partial charge in [0.15, 0.2) is 0 Å². The molecule has 0 saturated carbocycles. The Morgan fingerprint density at radius 2 is 1.96 bits per heavy atom. The van der Waals surface area contributed by atoms with Crippen LogP contribution in [0.4, 0.5) is 0 Å². The molecule has 0 unspecified atom stereocenters. The van der Waals surface area contributed by atoms with Crippen LogP contribution in [0.2, 0.25) is 0 Å². The average Bonchev–Trinajstić information content (AvgIpc) is 2.56. The number of nitrogens with one attached hydrogen (secondary N) is 2. The van der Waals surface area contributed by atoms with E-state index in [1.807, 2.05) is 6.07 Å². The molecule has 0 fully saturated rings. The zero-order valence-electron chi connectivity index (χ0n) is 14.9. The first-order valence-corrected chi connectivity index (χ1v) is 9.31. The molecule has 4 heteroatoms. The van der Waals surface area contributed by atoms with Crippen LogP contribution in [0.5, 0.6) is 0 Å². The third kappa shape index (κ3) is 7.09. The maximum absolute atomic E-state index is 4.20. The zero-order chi connectivity index (χ0) is 17.8. The smallest absolute Gasteiger partial charge is 0.0884 e. The second kappa shape index (κ2) is 11.6. The van der Waals surface area contributed by atoms with E-state index in [1.165, 1.54) is 11.1 Å². The third-order valence-electron chi connectivity index (χ3n) is 3.46. The van der Waals surface area contributed by atoms with Crippen molar-refractivity contribution < 1.29 is 0 Å². The molecule has 0 bridgehead atoms. The van der Waals surface area contributed by atoms with Gasteiger partial charge >= 0.3 is 0 Å². The molecule has 0 aliphatic carbocycles. The van der Waals surface area contributed by atoms with Gasteiger partial charge in [-0.3, -0.25) is 4.99 Å². The lowest BCUT2D eigenvalue weighted by atomic mass is 9.97. The normalized spacial score (nSPS) is 11.0. The summed E-state index contributed by atoms with van der Waals surface area (Å²) >= 11 is 1.65. The lowest BCUT2D eigenvalue weighted by molar-refractivity contribution is 0.873. The summed E-state index contributed by atoms with van der Waals surface area (Å²) in [6, 6.07) is 8.39. The van der Waals surface area contributed by atoms with Crippen molar-refractivity contribution in [3.63, 3.8) is 0 Å². The summed E-state index contributed by atoms with van der Waals surface area (Å²) in [5.74, 6) is 0.720. The first-order chi connectivity index (χ1) is 11.6. The predicted octanol–water partition coefficient (Wildman–Crippen LogP) is 4.95. The molecule has 0 heterocycles. The predicted molar refractivity (Wildman–Crippen MR) is 110 cm³/mol. The number of rotatable bonds is 12. The van der Waals surface area contributed by atoms with Gasteiger partial charge in [0.2, 0.25) is 0 Å². The quantitative estimate of drug-likeness (QED) is 0.320. The summed E-state index contributed by atoms with van der Waals surface area (Å²) < 4.78 is 0. The zero-order valence-corrected chi connectivity index (χ0v) is 15.7. The molecule has 130 valence electrons. The number of nitrogens with zero attached hydrogens (tertiary/aromatic N) is 1. The Morgan fingerprint density at radius 3 is 2.62 bits per heavy atom. The first-order valence-electron chi connectivity index (χ1n) is 8.32. The highest BCUT2D eigenvalue weighted by atomic mass is 32.2. The van der Waals surface area contributed by atoms with Crippen molar-refractivity contribution >= 4 is 24.2 Å². The minimum atomic E-state index is 0.720. The van der Waals surface area contributed by atoms with Crippen LogP contribution in [0.15, 0.2) is 59.2 Å². The van der Waals surface area contributed by atoms with Crippen LogP contribution in [0, 0.1) is 0 Å². The minimum Gasteiger partial charge on any atom is -0.379 e. The highest BCUT2D eigenvalue weighted by Crippen LogP contribution is 2.21. The fourth-order valence-corrected chi connectivity index (χ4v) is 3.16. The molecule has 0 spiro atoms. The minimum absolute atomic E-state index is 0.720. The molecule has 0 aliphatic heterocycles. The van der Waals surface area contributed by atoms with E-state index in [9.17, 15) is 0 Å². The molecule has 0 aliphatic rings. The Labute approximate surface area is 151 Å². The lowest BCUT2D eigenvalue weighted by Gasteiger charge is -2.15. The molecule has 1 aromatic carbocycles. The number of hydrogen-bond donors (Lipinski definition) is 2. The van der Waals surface area contributed by atoms with Crippen molar-refractivity contribution in [3.8, 4) is 0 Å². The second-order valence-electron chi connectivity index (χ2n) is 5.48. The molecule has 0 radical (unpaired) electrons. The van der Waals surface area contributed by atoms with Crippen molar-refractivity contribution in [2.75, 3.05) is 12.4 Å². The number of aliphatic imine (C=N–C) groups is 1. The molecule has 1 rings (SSSR count). The van der Waals surface area contributed by atoms with Crippen LogP contribution in [0.1, 0.15) is 37.8 Å². The van der Waals surface area contributed by atoms with Crippen LogP contribution < -0.4 is 10.6 Å². The van der Waals surface area contributed by atoms with E-state index in [0.717, 1.165) is 48.0 Å².